The largest absolute Gasteiger partial charge is 0.345 e. The molecule has 0 bridgehead atoms. The topological polar surface area (TPSA) is 59.1 Å². The summed E-state index contributed by atoms with van der Waals surface area (Å²) >= 11 is 0. The van der Waals surface area contributed by atoms with Gasteiger partial charge in [0.1, 0.15) is 6.04 Å². The highest BCUT2D eigenvalue weighted by atomic mass is 16.7. The second-order valence-corrected chi connectivity index (χ2v) is 8.00. The minimum atomic E-state index is -0.556. The zero-order chi connectivity index (χ0) is 17.3. The summed E-state index contributed by atoms with van der Waals surface area (Å²) in [6.45, 7) is 4.51. The van der Waals surface area contributed by atoms with Gasteiger partial charge in [0.25, 0.3) is 5.91 Å². The second kappa shape index (κ2) is 5.05. The molecule has 0 unspecified atom stereocenters. The van der Waals surface area contributed by atoms with Gasteiger partial charge in [-0.1, -0.05) is 18.2 Å². The Morgan fingerprint density at radius 2 is 1.72 bits per heavy atom. The minimum Gasteiger partial charge on any atom is -0.345 e. The zero-order valence-corrected chi connectivity index (χ0v) is 14.4. The molecule has 132 valence electrons. The molecule has 4 aliphatic rings. The summed E-state index contributed by atoms with van der Waals surface area (Å²) in [6.07, 6.45) is 1.73. The Labute approximate surface area is 146 Å². The van der Waals surface area contributed by atoms with Crippen molar-refractivity contribution in [1.82, 2.24) is 4.90 Å². The molecule has 6 heteroatoms. The molecule has 5 rings (SSSR count). The molecule has 6 nitrogen and oxygen atoms in total. The van der Waals surface area contributed by atoms with E-state index in [9.17, 15) is 9.59 Å². The highest BCUT2D eigenvalue weighted by Gasteiger charge is 2.60. The van der Waals surface area contributed by atoms with E-state index in [2.05, 4.69) is 0 Å². The van der Waals surface area contributed by atoms with Crippen LogP contribution in [0.25, 0.3) is 0 Å². The van der Waals surface area contributed by atoms with E-state index in [4.69, 9.17) is 9.47 Å². The fourth-order valence-corrected chi connectivity index (χ4v) is 5.12. The molecule has 4 fully saturated rings. The van der Waals surface area contributed by atoms with E-state index in [1.54, 1.807) is 4.90 Å². The molecule has 3 aliphatic heterocycles. The first-order chi connectivity index (χ1) is 11.9. The number of rotatable bonds is 1. The predicted molar refractivity (Wildman–Crippen MR) is 89.9 cm³/mol. The number of imide groups is 1. The monoisotopic (exact) mass is 342 g/mol. The molecule has 1 aromatic carbocycles. The maximum absolute atomic E-state index is 13.1. The van der Waals surface area contributed by atoms with E-state index >= 15 is 0 Å². The molecule has 1 saturated carbocycles. The fraction of sp³-hybridized carbons (Fsp3) is 0.579. The number of para-hydroxylation sites is 1. The Morgan fingerprint density at radius 1 is 1.04 bits per heavy atom. The van der Waals surface area contributed by atoms with Crippen LogP contribution in [0.15, 0.2) is 30.3 Å². The first-order valence-corrected chi connectivity index (χ1v) is 9.00. The number of nitrogens with zero attached hydrogens (tertiary/aromatic N) is 2. The van der Waals surface area contributed by atoms with Crippen LogP contribution in [0.5, 0.6) is 0 Å². The van der Waals surface area contributed by atoms with E-state index in [0.717, 1.165) is 12.8 Å². The summed E-state index contributed by atoms with van der Waals surface area (Å²) in [5.41, 5.74) is 0.652. The molecule has 25 heavy (non-hydrogen) atoms. The molecule has 5 atom stereocenters. The maximum Gasteiger partial charge on any atom is 0.332 e. The number of amides is 3. The fourth-order valence-electron chi connectivity index (χ4n) is 5.12. The molecule has 3 heterocycles. The van der Waals surface area contributed by atoms with Gasteiger partial charge in [0, 0.05) is 6.54 Å². The first-order valence-electron chi connectivity index (χ1n) is 9.00. The second-order valence-electron chi connectivity index (χ2n) is 8.00. The van der Waals surface area contributed by atoms with Crippen molar-refractivity contribution in [3.63, 3.8) is 0 Å². The number of hydrogen-bond acceptors (Lipinski definition) is 4. The van der Waals surface area contributed by atoms with Crippen LogP contribution in [0.2, 0.25) is 0 Å². The van der Waals surface area contributed by atoms with Gasteiger partial charge in [-0.25, -0.2) is 9.69 Å². The Hall–Kier alpha value is -1.92. The highest BCUT2D eigenvalue weighted by molar-refractivity contribution is 6.21. The maximum atomic E-state index is 13.1. The molecule has 3 saturated heterocycles. The molecular formula is C19H22N2O4. The van der Waals surface area contributed by atoms with Crippen LogP contribution in [0.4, 0.5) is 10.5 Å². The van der Waals surface area contributed by atoms with Crippen LogP contribution >= 0.6 is 0 Å². The van der Waals surface area contributed by atoms with Crippen LogP contribution in [0, 0.1) is 11.8 Å². The van der Waals surface area contributed by atoms with Crippen molar-refractivity contribution in [2.45, 2.75) is 50.7 Å². The molecule has 0 N–H and O–H groups in total. The van der Waals surface area contributed by atoms with Crippen LogP contribution in [0.1, 0.15) is 26.7 Å². The lowest BCUT2D eigenvalue weighted by Gasteiger charge is -2.33. The van der Waals surface area contributed by atoms with Crippen molar-refractivity contribution in [2.24, 2.45) is 11.8 Å². The molecule has 0 radical (unpaired) electrons. The Bertz CT molecular complexity index is 734. The number of anilines is 1. The van der Waals surface area contributed by atoms with E-state index in [-0.39, 0.29) is 36.1 Å². The smallest absolute Gasteiger partial charge is 0.332 e. The predicted octanol–water partition coefficient (Wildman–Crippen LogP) is 2.38. The first kappa shape index (κ1) is 15.3. The number of fused-ring (bicyclic) bond motifs is 4. The number of urea groups is 1. The quantitative estimate of drug-likeness (QED) is 0.735. The summed E-state index contributed by atoms with van der Waals surface area (Å²) < 4.78 is 12.0. The average molecular weight is 342 g/mol. The van der Waals surface area contributed by atoms with Crippen LogP contribution in [-0.2, 0) is 14.3 Å². The highest BCUT2D eigenvalue weighted by Crippen LogP contribution is 2.49. The van der Waals surface area contributed by atoms with E-state index in [1.807, 2.05) is 44.2 Å². The van der Waals surface area contributed by atoms with Crippen molar-refractivity contribution >= 4 is 17.6 Å². The lowest BCUT2D eigenvalue weighted by Crippen LogP contribution is -2.42. The summed E-state index contributed by atoms with van der Waals surface area (Å²) in [7, 11) is 0. The van der Waals surface area contributed by atoms with Crippen molar-refractivity contribution in [3.8, 4) is 0 Å². The van der Waals surface area contributed by atoms with Gasteiger partial charge >= 0.3 is 6.03 Å². The minimum absolute atomic E-state index is 0.0184. The lowest BCUT2D eigenvalue weighted by atomic mass is 9.75. The molecule has 3 amide bonds. The van der Waals surface area contributed by atoms with E-state index in [1.165, 1.54) is 4.90 Å². The molecule has 0 spiro atoms. The van der Waals surface area contributed by atoms with Crippen molar-refractivity contribution < 1.29 is 19.1 Å². The zero-order valence-electron chi connectivity index (χ0n) is 14.4. The number of carbonyl (C=O) groups excluding carboxylic acids is 2. The van der Waals surface area contributed by atoms with Crippen LogP contribution in [0.3, 0.4) is 0 Å². The van der Waals surface area contributed by atoms with Crippen molar-refractivity contribution in [1.29, 1.82) is 0 Å². The number of benzene rings is 1. The average Bonchev–Trinajstić information content (AvgIpc) is 3.15. The van der Waals surface area contributed by atoms with Gasteiger partial charge in [0.2, 0.25) is 0 Å². The Balaban J connectivity index is 1.42. The third-order valence-corrected chi connectivity index (χ3v) is 6.03. The van der Waals surface area contributed by atoms with Gasteiger partial charge in [-0.2, -0.15) is 0 Å². The van der Waals surface area contributed by atoms with Gasteiger partial charge in [-0.3, -0.25) is 4.79 Å². The molecular weight excluding hydrogens is 320 g/mol. The SMILES string of the molecule is CC1(C)O[C@H]2C[C@H]3[C@@H](C[C@H]2O1)CN1C(=O)N(c2ccccc2)C(=O)[C@H]31. The van der Waals surface area contributed by atoms with Gasteiger partial charge in [0.05, 0.1) is 17.9 Å². The number of ether oxygens (including phenoxy) is 2. The van der Waals surface area contributed by atoms with Crippen molar-refractivity contribution in [3.05, 3.63) is 30.3 Å². The van der Waals surface area contributed by atoms with Gasteiger partial charge in [0.15, 0.2) is 5.79 Å². The molecule has 1 aliphatic carbocycles. The standard InChI is InChI=1S/C19H22N2O4/c1-19(2)24-14-8-11-10-20-16(13(11)9-15(14)25-19)17(22)21(18(20)23)12-6-4-3-5-7-12/h3-7,11,13-16H,8-10H2,1-2H3/t11-,13-,14+,15-,16-/m0/s1. The van der Waals surface area contributed by atoms with Gasteiger partial charge in [-0.05, 0) is 50.7 Å². The number of carbonyl (C=O) groups is 2. The summed E-state index contributed by atoms with van der Waals surface area (Å²) in [5.74, 6) is -0.182. The van der Waals surface area contributed by atoms with Crippen LogP contribution < -0.4 is 4.90 Å². The van der Waals surface area contributed by atoms with Crippen LogP contribution in [-0.4, -0.2) is 47.4 Å². The van der Waals surface area contributed by atoms with Gasteiger partial charge < -0.3 is 14.4 Å². The van der Waals surface area contributed by atoms with Gasteiger partial charge in [-0.15, -0.1) is 0 Å². The summed E-state index contributed by atoms with van der Waals surface area (Å²) in [6, 6.07) is 8.64. The van der Waals surface area contributed by atoms with E-state index < -0.39 is 5.79 Å². The summed E-state index contributed by atoms with van der Waals surface area (Å²) in [4.78, 5) is 29.0. The summed E-state index contributed by atoms with van der Waals surface area (Å²) in [5, 5.41) is 0. The van der Waals surface area contributed by atoms with E-state index in [0.29, 0.717) is 18.2 Å². The molecule has 1 aromatic rings. The lowest BCUT2D eigenvalue weighted by molar-refractivity contribution is -0.146. The number of hydrogen-bond donors (Lipinski definition) is 0. The Kier molecular flexibility index (Phi) is 3.10. The van der Waals surface area contributed by atoms with Crippen molar-refractivity contribution in [2.75, 3.05) is 11.4 Å². The third kappa shape index (κ3) is 2.17. The third-order valence-electron chi connectivity index (χ3n) is 6.03. The normalized spacial score (nSPS) is 38.7. The molecule has 0 aromatic heterocycles. The Morgan fingerprint density at radius 3 is 2.44 bits per heavy atom.